The molecule has 4 aromatic carbocycles. The molecule has 0 amide bonds. The van der Waals surface area contributed by atoms with E-state index in [0.717, 1.165) is 62.8 Å². The van der Waals surface area contributed by atoms with Crippen molar-refractivity contribution < 1.29 is 85.3 Å². The van der Waals surface area contributed by atoms with E-state index in [9.17, 15) is 46.2 Å². The van der Waals surface area contributed by atoms with Gasteiger partial charge in [0.25, 0.3) is 0 Å². The van der Waals surface area contributed by atoms with E-state index >= 15 is 0 Å². The fourth-order valence-electron chi connectivity index (χ4n) is 4.44. The monoisotopic (exact) mass is 675 g/mol. The molecule has 0 saturated heterocycles. The number of ether oxygens (including phenoxy) is 2. The first-order chi connectivity index (χ1) is 21.3. The molecular weight excluding hydrogens is 653 g/mol. The van der Waals surface area contributed by atoms with Crippen molar-refractivity contribution in [3.63, 3.8) is 0 Å². The topological polar surface area (TPSA) is 210 Å². The summed E-state index contributed by atoms with van der Waals surface area (Å²) in [6.45, 7) is 0. The van der Waals surface area contributed by atoms with Crippen LogP contribution in [0.25, 0.3) is 5.32 Å². The number of rotatable bonds is 10. The average Bonchev–Trinajstić information content (AvgIpc) is 3.03. The number of benzene rings is 4. The molecule has 0 aromatic heterocycles. The summed E-state index contributed by atoms with van der Waals surface area (Å²) in [7, 11) is -7.77. The Balaban J connectivity index is 0.00000576. The fraction of sp³-hybridized carbons (Fsp3) is 0.0667. The number of sulfone groups is 2. The SMILES string of the molecule is COC(=O)c1ccccc1S(=O)(=O)c1c([N-]c2cccc(C(=O)O)c2S(=O)(=O)c2ccccc2C(=O)O)cccc1C(=O)OC.[Na+]. The van der Waals surface area contributed by atoms with Crippen LogP contribution in [0.4, 0.5) is 11.4 Å². The Morgan fingerprint density at radius 2 is 0.913 bits per heavy atom. The summed E-state index contributed by atoms with van der Waals surface area (Å²) >= 11 is 0. The van der Waals surface area contributed by atoms with Gasteiger partial charge in [-0.1, -0.05) is 48.5 Å². The second kappa shape index (κ2) is 14.3. The number of nitrogens with zero attached hydrogens (tertiary/aromatic N) is 1. The van der Waals surface area contributed by atoms with E-state index in [1.165, 1.54) is 36.4 Å². The van der Waals surface area contributed by atoms with Gasteiger partial charge in [0.2, 0.25) is 19.7 Å². The van der Waals surface area contributed by atoms with Crippen LogP contribution in [0.2, 0.25) is 0 Å². The number of carbonyl (C=O) groups is 4. The number of hydrogen-bond acceptors (Lipinski definition) is 10. The van der Waals surface area contributed by atoms with Gasteiger partial charge in [0, 0.05) is 0 Å². The summed E-state index contributed by atoms with van der Waals surface area (Å²) in [4.78, 5) is 46.3. The minimum absolute atomic E-state index is 0. The zero-order valence-electron chi connectivity index (χ0n) is 24.3. The molecule has 0 aliphatic rings. The van der Waals surface area contributed by atoms with Gasteiger partial charge in [-0.3, -0.25) is 0 Å². The van der Waals surface area contributed by atoms with E-state index < -0.39 is 91.2 Å². The van der Waals surface area contributed by atoms with Gasteiger partial charge in [-0.2, -0.15) is 0 Å². The van der Waals surface area contributed by atoms with Gasteiger partial charge in [0.05, 0.1) is 56.1 Å². The summed E-state index contributed by atoms with van der Waals surface area (Å²) in [5.41, 5.74) is -3.47. The summed E-state index contributed by atoms with van der Waals surface area (Å²) in [6.07, 6.45) is 0. The van der Waals surface area contributed by atoms with Crippen LogP contribution >= 0.6 is 0 Å². The summed E-state index contributed by atoms with van der Waals surface area (Å²) in [5, 5.41) is 23.8. The Hall–Kier alpha value is -4.54. The zero-order valence-corrected chi connectivity index (χ0v) is 28.0. The first kappa shape index (κ1) is 35.9. The molecule has 4 aromatic rings. The molecule has 0 spiro atoms. The Kier molecular flexibility index (Phi) is 11.1. The molecule has 0 bridgehead atoms. The number of esters is 2. The summed E-state index contributed by atoms with van der Waals surface area (Å²) < 4.78 is 65.7. The van der Waals surface area contributed by atoms with Crippen LogP contribution in [0.3, 0.4) is 0 Å². The first-order valence-corrected chi connectivity index (χ1v) is 15.5. The molecule has 0 unspecified atom stereocenters. The van der Waals surface area contributed by atoms with Crippen molar-refractivity contribution in [2.45, 2.75) is 19.6 Å². The third-order valence-corrected chi connectivity index (χ3v) is 10.2. The van der Waals surface area contributed by atoms with E-state index in [0.29, 0.717) is 0 Å². The molecule has 0 heterocycles. The number of carboxylic acids is 2. The predicted molar refractivity (Wildman–Crippen MR) is 156 cm³/mol. The maximum Gasteiger partial charge on any atom is 1.00 e. The van der Waals surface area contributed by atoms with Crippen molar-refractivity contribution in [3.05, 3.63) is 112 Å². The van der Waals surface area contributed by atoms with Crippen LogP contribution in [0.5, 0.6) is 0 Å². The first-order valence-electron chi connectivity index (χ1n) is 12.6. The minimum atomic E-state index is -4.95. The molecule has 0 saturated carbocycles. The van der Waals surface area contributed by atoms with Crippen LogP contribution in [0.15, 0.2) is 105 Å². The second-order valence-corrected chi connectivity index (χ2v) is 12.7. The molecule has 0 radical (unpaired) electrons. The summed E-state index contributed by atoms with van der Waals surface area (Å²) in [5.74, 6) is -5.45. The second-order valence-electron chi connectivity index (χ2n) is 9.01. The Morgan fingerprint density at radius 3 is 1.39 bits per heavy atom. The normalized spacial score (nSPS) is 11.1. The van der Waals surface area contributed by atoms with Crippen molar-refractivity contribution in [2.75, 3.05) is 14.2 Å². The largest absolute Gasteiger partial charge is 1.00 e. The summed E-state index contributed by atoms with van der Waals surface area (Å²) in [6, 6.07) is 16.1. The number of carboxylic acid groups (broad SMARTS) is 2. The van der Waals surface area contributed by atoms with Gasteiger partial charge in [-0.25, -0.2) is 36.0 Å². The van der Waals surface area contributed by atoms with Crippen LogP contribution in [-0.2, 0) is 29.1 Å². The fourth-order valence-corrected chi connectivity index (χ4v) is 7.94. The third kappa shape index (κ3) is 6.68. The predicted octanol–water partition coefficient (Wildman–Crippen LogP) is 1.66. The van der Waals surface area contributed by atoms with E-state index in [-0.39, 0.29) is 35.1 Å². The molecule has 0 aliphatic heterocycles. The van der Waals surface area contributed by atoms with Crippen molar-refractivity contribution in [2.24, 2.45) is 0 Å². The quantitative estimate of drug-likeness (QED) is 0.182. The average molecular weight is 676 g/mol. The number of carbonyl (C=O) groups excluding carboxylic acids is 2. The van der Waals surface area contributed by atoms with Gasteiger partial charge >= 0.3 is 53.4 Å². The minimum Gasteiger partial charge on any atom is -0.656 e. The van der Waals surface area contributed by atoms with Crippen LogP contribution in [0.1, 0.15) is 41.4 Å². The molecule has 0 atom stereocenters. The molecule has 4 rings (SSSR count). The van der Waals surface area contributed by atoms with Crippen LogP contribution < -0.4 is 29.6 Å². The van der Waals surface area contributed by atoms with E-state index in [1.54, 1.807) is 0 Å². The molecule has 46 heavy (non-hydrogen) atoms. The Morgan fingerprint density at radius 1 is 0.543 bits per heavy atom. The molecule has 13 nitrogen and oxygen atoms in total. The van der Waals surface area contributed by atoms with Crippen molar-refractivity contribution in [1.82, 2.24) is 0 Å². The van der Waals surface area contributed by atoms with Crippen LogP contribution in [-0.4, -0.2) is 65.1 Å². The molecule has 0 aliphatic carbocycles. The number of hydrogen-bond donors (Lipinski definition) is 2. The van der Waals surface area contributed by atoms with Crippen molar-refractivity contribution >= 4 is 54.9 Å². The van der Waals surface area contributed by atoms with Crippen LogP contribution in [0, 0.1) is 0 Å². The molecule has 16 heteroatoms. The molecule has 0 fully saturated rings. The van der Waals surface area contributed by atoms with E-state index in [2.05, 4.69) is 5.32 Å². The van der Waals surface area contributed by atoms with Gasteiger partial charge in [-0.05, 0) is 36.4 Å². The molecular formula is C30H22NNaO12S2. The van der Waals surface area contributed by atoms with Crippen molar-refractivity contribution in [3.8, 4) is 0 Å². The van der Waals surface area contributed by atoms with Gasteiger partial charge in [-0.15, -0.1) is 11.4 Å². The number of methoxy groups -OCH3 is 2. The van der Waals surface area contributed by atoms with Gasteiger partial charge in [0.15, 0.2) is 0 Å². The maximum atomic E-state index is 14.2. The van der Waals surface area contributed by atoms with Gasteiger partial charge in [0.1, 0.15) is 0 Å². The third-order valence-electron chi connectivity index (χ3n) is 6.39. The van der Waals surface area contributed by atoms with E-state index in [1.807, 2.05) is 0 Å². The number of aromatic carboxylic acids is 2. The molecule has 2 N–H and O–H groups in total. The smallest absolute Gasteiger partial charge is 0.656 e. The molecule has 232 valence electrons. The van der Waals surface area contributed by atoms with Gasteiger partial charge < -0.3 is 25.0 Å². The standard InChI is InChI=1S/C30H22NO12S2.Na/c1-42-29(36)18-10-4-6-16-24(18)45(40,41)26-20(30(37)43-2)12-8-14-22(26)31-21-13-7-11-19(28(34)35)25(21)44(38,39)23-15-5-3-9-17(23)27(32)33;/h3-16H,1-2H3,(H,32,33)(H,34,35);/q-1;+1. The van der Waals surface area contributed by atoms with E-state index in [4.69, 9.17) is 9.47 Å². The van der Waals surface area contributed by atoms with Crippen molar-refractivity contribution in [1.29, 1.82) is 0 Å². The zero-order chi connectivity index (χ0) is 33.1. The maximum absolute atomic E-state index is 14.2. The Labute approximate surface area is 284 Å². The Bertz CT molecular complexity index is 2090.